The highest BCUT2D eigenvalue weighted by atomic mass is 16.3. The van der Waals surface area contributed by atoms with Crippen molar-refractivity contribution in [2.45, 2.75) is 40.0 Å². The molecule has 0 radical (unpaired) electrons. The first-order valence-corrected chi connectivity index (χ1v) is 4.70. The molecule has 0 heterocycles. The summed E-state index contributed by atoms with van der Waals surface area (Å²) in [5.74, 6) is 1.31. The summed E-state index contributed by atoms with van der Waals surface area (Å²) in [5.41, 5.74) is 0.354. The zero-order valence-electron chi connectivity index (χ0n) is 7.93. The van der Waals surface area contributed by atoms with Gasteiger partial charge in [0.2, 0.25) is 0 Å². The Bertz CT molecular complexity index is 129. The Morgan fingerprint density at radius 2 is 2.00 bits per heavy atom. The zero-order chi connectivity index (χ0) is 8.48. The predicted octanol–water partition coefficient (Wildman–Crippen LogP) is 2.44. The van der Waals surface area contributed by atoms with Gasteiger partial charge in [-0.05, 0) is 23.7 Å². The third-order valence-electron chi connectivity index (χ3n) is 3.73. The van der Waals surface area contributed by atoms with Crippen LogP contribution in [0, 0.1) is 17.3 Å². The maximum absolute atomic E-state index is 9.14. The molecule has 0 amide bonds. The average Bonchev–Trinajstić information content (AvgIpc) is 1.95. The highest BCUT2D eigenvalue weighted by molar-refractivity contribution is 4.86. The first kappa shape index (κ1) is 9.05. The number of aliphatic hydroxyl groups excluding tert-OH is 1. The van der Waals surface area contributed by atoms with Crippen LogP contribution in [0.4, 0.5) is 0 Å². The van der Waals surface area contributed by atoms with Crippen molar-refractivity contribution in [1.29, 1.82) is 0 Å². The second-order valence-corrected chi connectivity index (χ2v) is 4.53. The van der Waals surface area contributed by atoms with E-state index in [-0.39, 0.29) is 0 Å². The fourth-order valence-corrected chi connectivity index (χ4v) is 2.14. The molecule has 0 unspecified atom stereocenters. The molecule has 11 heavy (non-hydrogen) atoms. The average molecular weight is 156 g/mol. The lowest BCUT2D eigenvalue weighted by Crippen LogP contribution is -2.36. The summed E-state index contributed by atoms with van der Waals surface area (Å²) in [7, 11) is 0. The molecule has 0 aromatic heterocycles. The van der Waals surface area contributed by atoms with E-state index >= 15 is 0 Å². The van der Waals surface area contributed by atoms with E-state index in [2.05, 4.69) is 20.8 Å². The van der Waals surface area contributed by atoms with Gasteiger partial charge >= 0.3 is 0 Å². The lowest BCUT2D eigenvalue weighted by molar-refractivity contribution is 0.0284. The summed E-state index contributed by atoms with van der Waals surface area (Å²) in [4.78, 5) is 0. The Balaban J connectivity index is 2.64. The number of hydrogen-bond acceptors (Lipinski definition) is 1. The van der Waals surface area contributed by atoms with E-state index in [1.165, 1.54) is 19.3 Å². The summed E-state index contributed by atoms with van der Waals surface area (Å²) in [6.07, 6.45) is 3.85. The largest absolute Gasteiger partial charge is 0.396 e. The minimum absolute atomic E-state index is 0.354. The Hall–Kier alpha value is -0.0400. The van der Waals surface area contributed by atoms with Crippen LogP contribution in [0.5, 0.6) is 0 Å². The van der Waals surface area contributed by atoms with Crippen LogP contribution in [0.1, 0.15) is 40.0 Å². The maximum atomic E-state index is 9.14. The molecule has 2 atom stereocenters. The normalized spacial score (nSPS) is 37.1. The molecule has 0 bridgehead atoms. The molecule has 0 aromatic rings. The molecule has 1 rings (SSSR count). The quantitative estimate of drug-likeness (QED) is 0.618. The molecule has 0 aliphatic heterocycles. The minimum Gasteiger partial charge on any atom is -0.396 e. The highest BCUT2D eigenvalue weighted by Crippen LogP contribution is 2.44. The third-order valence-corrected chi connectivity index (χ3v) is 3.73. The third kappa shape index (κ3) is 1.58. The fourth-order valence-electron chi connectivity index (χ4n) is 2.14. The van der Waals surface area contributed by atoms with Crippen LogP contribution in [0.25, 0.3) is 0 Å². The van der Waals surface area contributed by atoms with Gasteiger partial charge in [-0.2, -0.15) is 0 Å². The van der Waals surface area contributed by atoms with Gasteiger partial charge in [0.15, 0.2) is 0 Å². The van der Waals surface area contributed by atoms with E-state index in [4.69, 9.17) is 5.11 Å². The van der Waals surface area contributed by atoms with Gasteiger partial charge in [0.1, 0.15) is 0 Å². The van der Waals surface area contributed by atoms with Crippen LogP contribution in [0.2, 0.25) is 0 Å². The molecule has 1 fully saturated rings. The molecule has 66 valence electrons. The van der Waals surface area contributed by atoms with Gasteiger partial charge in [-0.15, -0.1) is 0 Å². The van der Waals surface area contributed by atoms with Crippen molar-refractivity contribution >= 4 is 0 Å². The number of rotatable bonds is 1. The monoisotopic (exact) mass is 156 g/mol. The zero-order valence-corrected chi connectivity index (χ0v) is 7.93. The molecule has 0 saturated heterocycles. The van der Waals surface area contributed by atoms with Crippen molar-refractivity contribution in [2.75, 3.05) is 6.61 Å². The van der Waals surface area contributed by atoms with Crippen LogP contribution < -0.4 is 0 Å². The smallest absolute Gasteiger partial charge is 0.0464 e. The van der Waals surface area contributed by atoms with E-state index in [1.807, 2.05) is 0 Å². The molecular weight excluding hydrogens is 136 g/mol. The molecular formula is C10H20O. The van der Waals surface area contributed by atoms with Crippen LogP contribution in [-0.4, -0.2) is 11.7 Å². The van der Waals surface area contributed by atoms with Crippen molar-refractivity contribution in [3.8, 4) is 0 Å². The molecule has 1 aliphatic carbocycles. The Labute approximate surface area is 69.8 Å². The van der Waals surface area contributed by atoms with E-state index in [9.17, 15) is 0 Å². The SMILES string of the molecule is C[C@H]1CCC[C@@H](CO)C1(C)C. The second-order valence-electron chi connectivity index (χ2n) is 4.53. The van der Waals surface area contributed by atoms with Crippen molar-refractivity contribution in [3.63, 3.8) is 0 Å². The lowest BCUT2D eigenvalue weighted by atomic mass is 9.63. The van der Waals surface area contributed by atoms with Gasteiger partial charge in [-0.1, -0.05) is 33.6 Å². The summed E-state index contributed by atoms with van der Waals surface area (Å²) >= 11 is 0. The van der Waals surface area contributed by atoms with Crippen LogP contribution in [0.15, 0.2) is 0 Å². The fraction of sp³-hybridized carbons (Fsp3) is 1.00. The van der Waals surface area contributed by atoms with Crippen molar-refractivity contribution in [3.05, 3.63) is 0 Å². The van der Waals surface area contributed by atoms with Gasteiger partial charge < -0.3 is 5.11 Å². The van der Waals surface area contributed by atoms with Gasteiger partial charge in [-0.3, -0.25) is 0 Å². The molecule has 0 aromatic carbocycles. The van der Waals surface area contributed by atoms with E-state index in [0.29, 0.717) is 17.9 Å². The van der Waals surface area contributed by atoms with E-state index < -0.39 is 0 Å². The van der Waals surface area contributed by atoms with Crippen LogP contribution in [-0.2, 0) is 0 Å². The Morgan fingerprint density at radius 3 is 2.45 bits per heavy atom. The standard InChI is InChI=1S/C10H20O/c1-8-5-4-6-9(7-11)10(8,2)3/h8-9,11H,4-7H2,1-3H3/t8-,9-/m0/s1. The van der Waals surface area contributed by atoms with Crippen molar-refractivity contribution in [2.24, 2.45) is 17.3 Å². The first-order chi connectivity index (χ1) is 5.09. The second kappa shape index (κ2) is 3.14. The summed E-state index contributed by atoms with van der Waals surface area (Å²) in [6, 6.07) is 0. The Morgan fingerprint density at radius 1 is 1.36 bits per heavy atom. The lowest BCUT2D eigenvalue weighted by Gasteiger charge is -2.43. The minimum atomic E-state index is 0.354. The molecule has 1 nitrogen and oxygen atoms in total. The summed E-state index contributed by atoms with van der Waals surface area (Å²) in [5, 5.41) is 9.14. The molecule has 1 aliphatic rings. The van der Waals surface area contributed by atoms with Crippen molar-refractivity contribution < 1.29 is 5.11 Å². The highest BCUT2D eigenvalue weighted by Gasteiger charge is 2.36. The van der Waals surface area contributed by atoms with E-state index in [1.54, 1.807) is 0 Å². The summed E-state index contributed by atoms with van der Waals surface area (Å²) < 4.78 is 0. The Kier molecular flexibility index (Phi) is 2.58. The maximum Gasteiger partial charge on any atom is 0.0464 e. The number of aliphatic hydroxyl groups is 1. The predicted molar refractivity (Wildman–Crippen MR) is 47.4 cm³/mol. The number of hydrogen-bond donors (Lipinski definition) is 1. The van der Waals surface area contributed by atoms with Gasteiger partial charge in [0.05, 0.1) is 0 Å². The van der Waals surface area contributed by atoms with Crippen molar-refractivity contribution in [1.82, 2.24) is 0 Å². The van der Waals surface area contributed by atoms with Gasteiger partial charge in [0, 0.05) is 6.61 Å². The van der Waals surface area contributed by atoms with Crippen LogP contribution in [0.3, 0.4) is 0 Å². The van der Waals surface area contributed by atoms with E-state index in [0.717, 1.165) is 5.92 Å². The molecule has 1 saturated carbocycles. The van der Waals surface area contributed by atoms with Crippen LogP contribution >= 0.6 is 0 Å². The summed E-state index contributed by atoms with van der Waals surface area (Å²) in [6.45, 7) is 7.26. The van der Waals surface area contributed by atoms with Gasteiger partial charge in [-0.25, -0.2) is 0 Å². The molecule has 0 spiro atoms. The van der Waals surface area contributed by atoms with Gasteiger partial charge in [0.25, 0.3) is 0 Å². The molecule has 1 N–H and O–H groups in total. The molecule has 1 heteroatoms. The first-order valence-electron chi connectivity index (χ1n) is 4.70. The topological polar surface area (TPSA) is 20.2 Å².